The largest absolute Gasteiger partial charge is 0.496 e. The van der Waals surface area contributed by atoms with E-state index in [-0.39, 0.29) is 11.9 Å². The molecule has 148 valence electrons. The minimum absolute atomic E-state index is 0.00611. The van der Waals surface area contributed by atoms with Crippen LogP contribution in [-0.4, -0.2) is 27.6 Å². The molecule has 0 spiro atoms. The van der Waals surface area contributed by atoms with Gasteiger partial charge in [-0.05, 0) is 52.7 Å². The Morgan fingerprint density at radius 3 is 2.68 bits per heavy atom. The van der Waals surface area contributed by atoms with Crippen molar-refractivity contribution in [2.24, 2.45) is 0 Å². The van der Waals surface area contributed by atoms with Gasteiger partial charge in [-0.3, -0.25) is 4.79 Å². The van der Waals surface area contributed by atoms with Crippen molar-refractivity contribution in [1.82, 2.24) is 19.9 Å². The highest BCUT2D eigenvalue weighted by Gasteiger charge is 2.16. The number of hydrogen-bond acceptors (Lipinski definition) is 4. The molecule has 0 saturated carbocycles. The lowest BCUT2D eigenvalue weighted by atomic mass is 10.0. The van der Waals surface area contributed by atoms with Crippen LogP contribution < -0.4 is 10.1 Å². The number of methoxy groups -OCH3 is 1. The van der Waals surface area contributed by atoms with Crippen molar-refractivity contribution in [3.63, 3.8) is 0 Å². The molecule has 0 fully saturated rings. The van der Waals surface area contributed by atoms with Crippen molar-refractivity contribution in [2.75, 3.05) is 7.11 Å². The lowest BCUT2D eigenvalue weighted by Gasteiger charge is -2.18. The fourth-order valence-electron chi connectivity index (χ4n) is 3.63. The molecule has 0 aliphatic rings. The monoisotopic (exact) mass is 380 g/mol. The Hall–Kier alpha value is -2.89. The van der Waals surface area contributed by atoms with Gasteiger partial charge in [0.1, 0.15) is 5.75 Å². The summed E-state index contributed by atoms with van der Waals surface area (Å²) in [5, 5.41) is 7.58. The molecule has 0 aliphatic carbocycles. The van der Waals surface area contributed by atoms with Crippen molar-refractivity contribution in [3.05, 3.63) is 58.0 Å². The number of aryl methyl sites for hydroxylation is 4. The molecule has 0 saturated heterocycles. The number of carbonyl (C=O) groups is 1. The molecule has 6 heteroatoms. The molecule has 1 atom stereocenters. The summed E-state index contributed by atoms with van der Waals surface area (Å²) in [5.74, 6) is 0.792. The minimum atomic E-state index is -0.126. The number of benzene rings is 1. The number of rotatable bonds is 6. The predicted molar refractivity (Wildman–Crippen MR) is 110 cm³/mol. The normalized spacial score (nSPS) is 12.2. The highest BCUT2D eigenvalue weighted by Crippen LogP contribution is 2.26. The minimum Gasteiger partial charge on any atom is -0.496 e. The van der Waals surface area contributed by atoms with Crippen molar-refractivity contribution < 1.29 is 9.53 Å². The average Bonchev–Trinajstić information content (AvgIpc) is 3.01. The number of carbonyl (C=O) groups excluding carboxylic acids is 1. The maximum Gasteiger partial charge on any atom is 0.220 e. The van der Waals surface area contributed by atoms with Gasteiger partial charge in [-0.25, -0.2) is 9.50 Å². The quantitative estimate of drug-likeness (QED) is 0.707. The highest BCUT2D eigenvalue weighted by atomic mass is 16.5. The average molecular weight is 380 g/mol. The maximum absolute atomic E-state index is 12.6. The highest BCUT2D eigenvalue weighted by molar-refractivity contribution is 5.77. The molecule has 2 heterocycles. The van der Waals surface area contributed by atoms with E-state index in [4.69, 9.17) is 4.74 Å². The lowest BCUT2D eigenvalue weighted by molar-refractivity contribution is -0.121. The van der Waals surface area contributed by atoms with E-state index in [0.717, 1.165) is 45.2 Å². The van der Waals surface area contributed by atoms with Crippen LogP contribution in [0.2, 0.25) is 0 Å². The number of ether oxygens (including phenoxy) is 1. The first-order chi connectivity index (χ1) is 13.3. The Bertz CT molecular complexity index is 1020. The zero-order chi connectivity index (χ0) is 20.4. The smallest absolute Gasteiger partial charge is 0.220 e. The van der Waals surface area contributed by atoms with Crippen LogP contribution >= 0.6 is 0 Å². The fraction of sp³-hybridized carbons (Fsp3) is 0.409. The number of nitrogens with zero attached hydrogens (tertiary/aromatic N) is 3. The Kier molecular flexibility index (Phi) is 5.68. The first-order valence-corrected chi connectivity index (χ1v) is 9.56. The second kappa shape index (κ2) is 8.00. The summed E-state index contributed by atoms with van der Waals surface area (Å²) in [6, 6.07) is 7.83. The van der Waals surface area contributed by atoms with E-state index in [1.54, 1.807) is 7.11 Å². The van der Waals surface area contributed by atoms with Gasteiger partial charge in [0.2, 0.25) is 5.91 Å². The number of nitrogens with one attached hydrogen (secondary N) is 1. The van der Waals surface area contributed by atoms with E-state index in [0.29, 0.717) is 12.8 Å². The molecule has 0 aliphatic heterocycles. The van der Waals surface area contributed by atoms with E-state index in [2.05, 4.69) is 21.5 Å². The molecule has 1 unspecified atom stereocenters. The van der Waals surface area contributed by atoms with Crippen molar-refractivity contribution >= 4 is 11.6 Å². The lowest BCUT2D eigenvalue weighted by Crippen LogP contribution is -2.27. The molecule has 1 N–H and O–H groups in total. The second-order valence-corrected chi connectivity index (χ2v) is 7.35. The van der Waals surface area contributed by atoms with Gasteiger partial charge in [0.05, 0.1) is 18.8 Å². The number of aromatic nitrogens is 3. The predicted octanol–water partition coefficient (Wildman–Crippen LogP) is 3.78. The molecule has 0 radical (unpaired) electrons. The van der Waals surface area contributed by atoms with Crippen LogP contribution in [0.5, 0.6) is 5.75 Å². The molecule has 28 heavy (non-hydrogen) atoms. The standard InChI is InChI=1S/C22H28N4O2/c1-13-7-9-20(28-6)19(11-13)16(4)24-22(27)10-8-18-15(3)23-21-12-14(2)25-26(21)17(18)5/h7,9,11-12,16H,8,10H2,1-6H3,(H,24,27). The summed E-state index contributed by atoms with van der Waals surface area (Å²) in [7, 11) is 1.65. The van der Waals surface area contributed by atoms with Crippen molar-refractivity contribution in [3.8, 4) is 5.75 Å². The molecular formula is C22H28N4O2. The van der Waals surface area contributed by atoms with Crippen LogP contribution in [0.4, 0.5) is 0 Å². The van der Waals surface area contributed by atoms with Gasteiger partial charge >= 0.3 is 0 Å². The van der Waals surface area contributed by atoms with Gasteiger partial charge in [-0.2, -0.15) is 5.10 Å². The zero-order valence-electron chi connectivity index (χ0n) is 17.5. The summed E-state index contributed by atoms with van der Waals surface area (Å²) in [6.07, 6.45) is 1.02. The third-order valence-electron chi connectivity index (χ3n) is 5.12. The number of amides is 1. The summed E-state index contributed by atoms with van der Waals surface area (Å²) >= 11 is 0. The van der Waals surface area contributed by atoms with Crippen LogP contribution in [0.15, 0.2) is 24.3 Å². The van der Waals surface area contributed by atoms with E-state index in [9.17, 15) is 4.79 Å². The third kappa shape index (κ3) is 4.01. The van der Waals surface area contributed by atoms with E-state index in [1.165, 1.54) is 0 Å². The van der Waals surface area contributed by atoms with Crippen LogP contribution in [0, 0.1) is 27.7 Å². The van der Waals surface area contributed by atoms with Gasteiger partial charge in [0, 0.05) is 29.4 Å². The molecule has 3 rings (SSSR count). The van der Waals surface area contributed by atoms with Crippen LogP contribution in [0.3, 0.4) is 0 Å². The molecule has 6 nitrogen and oxygen atoms in total. The molecular weight excluding hydrogens is 352 g/mol. The Balaban J connectivity index is 1.71. The van der Waals surface area contributed by atoms with Crippen LogP contribution in [0.25, 0.3) is 5.65 Å². The topological polar surface area (TPSA) is 68.5 Å². The van der Waals surface area contributed by atoms with Gasteiger partial charge in [0.15, 0.2) is 5.65 Å². The number of fused-ring (bicyclic) bond motifs is 1. The van der Waals surface area contributed by atoms with Crippen molar-refractivity contribution in [2.45, 2.75) is 53.5 Å². The van der Waals surface area contributed by atoms with Crippen molar-refractivity contribution in [1.29, 1.82) is 0 Å². The molecule has 2 aromatic heterocycles. The first-order valence-electron chi connectivity index (χ1n) is 9.56. The molecule has 0 bridgehead atoms. The summed E-state index contributed by atoms with van der Waals surface area (Å²) in [6.45, 7) is 9.98. The molecule has 3 aromatic rings. The summed E-state index contributed by atoms with van der Waals surface area (Å²) < 4.78 is 7.29. The van der Waals surface area contributed by atoms with E-state index < -0.39 is 0 Å². The van der Waals surface area contributed by atoms with Gasteiger partial charge in [-0.15, -0.1) is 0 Å². The van der Waals surface area contributed by atoms with E-state index >= 15 is 0 Å². The Morgan fingerprint density at radius 2 is 1.96 bits per heavy atom. The fourth-order valence-corrected chi connectivity index (χ4v) is 3.63. The maximum atomic E-state index is 12.6. The SMILES string of the molecule is COc1ccc(C)cc1C(C)NC(=O)CCc1c(C)nc2cc(C)nn2c1C. The Morgan fingerprint density at radius 1 is 1.21 bits per heavy atom. The Labute approximate surface area is 165 Å². The molecule has 1 aromatic carbocycles. The van der Waals surface area contributed by atoms with Crippen LogP contribution in [-0.2, 0) is 11.2 Å². The van der Waals surface area contributed by atoms with E-state index in [1.807, 2.05) is 57.3 Å². The van der Waals surface area contributed by atoms with Crippen LogP contribution in [0.1, 0.15) is 53.2 Å². The molecule has 1 amide bonds. The second-order valence-electron chi connectivity index (χ2n) is 7.35. The number of hydrogen-bond donors (Lipinski definition) is 1. The van der Waals surface area contributed by atoms with Gasteiger partial charge in [0.25, 0.3) is 0 Å². The third-order valence-corrected chi connectivity index (χ3v) is 5.12. The van der Waals surface area contributed by atoms with Gasteiger partial charge in [-0.1, -0.05) is 17.7 Å². The zero-order valence-corrected chi connectivity index (χ0v) is 17.5. The summed E-state index contributed by atoms with van der Waals surface area (Å²) in [4.78, 5) is 17.2. The van der Waals surface area contributed by atoms with Gasteiger partial charge < -0.3 is 10.1 Å². The summed E-state index contributed by atoms with van der Waals surface area (Å²) in [5.41, 5.74) is 6.97. The first kappa shape index (κ1) is 19.9.